The molecule has 1 N–H and O–H groups in total. The van der Waals surface area contributed by atoms with Crippen molar-refractivity contribution < 1.29 is 19.4 Å². The lowest BCUT2D eigenvalue weighted by Crippen LogP contribution is -2.48. The lowest BCUT2D eigenvalue weighted by atomic mass is 10.2. The largest absolute Gasteiger partial charge is 0.477 e. The average Bonchev–Trinajstić information content (AvgIpc) is 2.62. The van der Waals surface area contributed by atoms with E-state index in [1.807, 2.05) is 11.0 Å². The van der Waals surface area contributed by atoms with E-state index in [2.05, 4.69) is 9.88 Å². The lowest BCUT2D eigenvalue weighted by Gasteiger charge is -2.36. The van der Waals surface area contributed by atoms with Gasteiger partial charge in [0.25, 0.3) is 0 Å². The highest BCUT2D eigenvalue weighted by Crippen LogP contribution is 2.24. The fraction of sp³-hybridized carbons (Fsp3) is 0.562. The van der Waals surface area contributed by atoms with E-state index in [9.17, 15) is 14.7 Å². The Morgan fingerprint density at radius 1 is 1.04 bits per heavy atom. The van der Waals surface area contributed by atoms with Gasteiger partial charge in [0.1, 0.15) is 5.82 Å². The molecule has 1 aromatic rings. The fourth-order valence-corrected chi connectivity index (χ4v) is 3.03. The molecule has 1 amide bonds. The number of carboxylic acid groups (broad SMARTS) is 1. The maximum atomic E-state index is 11.4. The molecule has 1 aromatic heterocycles. The highest BCUT2D eigenvalue weighted by Gasteiger charge is 2.22. The Hall–Kier alpha value is -2.35. The molecule has 3 rings (SSSR count). The molecule has 0 atom stereocenters. The Morgan fingerprint density at radius 2 is 1.71 bits per heavy atom. The summed E-state index contributed by atoms with van der Waals surface area (Å²) in [6, 6.07) is 3.54. The molecule has 0 aromatic carbocycles. The number of aromatic nitrogens is 1. The molecule has 0 spiro atoms. The number of hydrogen-bond donors (Lipinski definition) is 1. The van der Waals surface area contributed by atoms with E-state index in [1.165, 1.54) is 0 Å². The highest BCUT2D eigenvalue weighted by molar-refractivity contribution is 5.87. The summed E-state index contributed by atoms with van der Waals surface area (Å²) in [6.07, 6.45) is 0. The van der Waals surface area contributed by atoms with E-state index < -0.39 is 5.97 Å². The van der Waals surface area contributed by atoms with E-state index in [1.54, 1.807) is 17.9 Å². The molecule has 8 heteroatoms. The molecule has 3 heterocycles. The van der Waals surface area contributed by atoms with Crippen LogP contribution < -0.4 is 9.80 Å². The van der Waals surface area contributed by atoms with Gasteiger partial charge in [0.05, 0.1) is 13.2 Å². The van der Waals surface area contributed by atoms with Gasteiger partial charge >= 0.3 is 5.97 Å². The number of carboxylic acids is 1. The van der Waals surface area contributed by atoms with Crippen molar-refractivity contribution in [1.82, 2.24) is 9.88 Å². The summed E-state index contributed by atoms with van der Waals surface area (Å²) in [6.45, 7) is 6.87. The molecule has 0 aliphatic carbocycles. The first kappa shape index (κ1) is 16.5. The van der Waals surface area contributed by atoms with Crippen molar-refractivity contribution in [2.75, 3.05) is 62.3 Å². The molecular formula is C16H22N4O4. The van der Waals surface area contributed by atoms with E-state index >= 15 is 0 Å². The molecule has 0 bridgehead atoms. The minimum absolute atomic E-state index is 0.0444. The molecule has 24 heavy (non-hydrogen) atoms. The summed E-state index contributed by atoms with van der Waals surface area (Å²) in [5.41, 5.74) is 0.884. The van der Waals surface area contributed by atoms with Crippen LogP contribution >= 0.6 is 0 Å². The maximum Gasteiger partial charge on any atom is 0.354 e. The highest BCUT2D eigenvalue weighted by atomic mass is 16.5. The maximum absolute atomic E-state index is 11.4. The number of morpholine rings is 1. The van der Waals surface area contributed by atoms with Gasteiger partial charge in [0.15, 0.2) is 5.69 Å². The van der Waals surface area contributed by atoms with Crippen LogP contribution in [0.4, 0.5) is 11.5 Å². The van der Waals surface area contributed by atoms with Crippen LogP contribution in [0, 0.1) is 0 Å². The SMILES string of the molecule is CC(=O)N1CCN(c2cc(C(=O)O)nc(N3CCOCC3)c2)CC1. The first-order valence-corrected chi connectivity index (χ1v) is 8.13. The quantitative estimate of drug-likeness (QED) is 0.850. The van der Waals surface area contributed by atoms with Crippen LogP contribution in [0.15, 0.2) is 12.1 Å². The van der Waals surface area contributed by atoms with Gasteiger partial charge < -0.3 is 24.5 Å². The smallest absolute Gasteiger partial charge is 0.354 e. The van der Waals surface area contributed by atoms with Gasteiger partial charge in [-0.05, 0) is 6.07 Å². The molecule has 8 nitrogen and oxygen atoms in total. The van der Waals surface area contributed by atoms with Crippen molar-refractivity contribution in [1.29, 1.82) is 0 Å². The van der Waals surface area contributed by atoms with E-state index in [-0.39, 0.29) is 11.6 Å². The van der Waals surface area contributed by atoms with Gasteiger partial charge in [-0.2, -0.15) is 0 Å². The zero-order valence-corrected chi connectivity index (χ0v) is 13.8. The second-order valence-electron chi connectivity index (χ2n) is 5.97. The second-order valence-corrected chi connectivity index (χ2v) is 5.97. The van der Waals surface area contributed by atoms with Crippen molar-refractivity contribution in [3.05, 3.63) is 17.8 Å². The molecule has 0 saturated carbocycles. The van der Waals surface area contributed by atoms with Crippen molar-refractivity contribution in [2.45, 2.75) is 6.92 Å². The zero-order valence-electron chi connectivity index (χ0n) is 13.8. The average molecular weight is 334 g/mol. The Balaban J connectivity index is 1.83. The van der Waals surface area contributed by atoms with Gasteiger partial charge in [0.2, 0.25) is 5.91 Å². The summed E-state index contributed by atoms with van der Waals surface area (Å²) in [5.74, 6) is -0.291. The number of ether oxygens (including phenoxy) is 1. The number of aromatic carboxylic acids is 1. The van der Waals surface area contributed by atoms with Crippen LogP contribution in [0.3, 0.4) is 0 Å². The molecule has 2 fully saturated rings. The number of anilines is 2. The fourth-order valence-electron chi connectivity index (χ4n) is 3.03. The van der Waals surface area contributed by atoms with E-state index in [0.29, 0.717) is 58.3 Å². The Labute approximate surface area is 140 Å². The number of rotatable bonds is 3. The molecule has 2 aliphatic heterocycles. The standard InChI is InChI=1S/C16H22N4O4/c1-12(21)18-2-4-19(5-3-18)13-10-14(16(22)23)17-15(11-13)20-6-8-24-9-7-20/h10-11H,2-9H2,1H3,(H,22,23). The number of piperazine rings is 1. The van der Waals surface area contributed by atoms with E-state index in [4.69, 9.17) is 4.74 Å². The number of hydrogen-bond acceptors (Lipinski definition) is 6. The monoisotopic (exact) mass is 334 g/mol. The van der Waals surface area contributed by atoms with Crippen LogP contribution in [0.5, 0.6) is 0 Å². The summed E-state index contributed by atoms with van der Waals surface area (Å²) >= 11 is 0. The molecule has 2 saturated heterocycles. The van der Waals surface area contributed by atoms with Crippen molar-refractivity contribution in [3.8, 4) is 0 Å². The number of amides is 1. The van der Waals surface area contributed by atoms with Gasteiger partial charge in [-0.15, -0.1) is 0 Å². The number of carbonyl (C=O) groups excluding carboxylic acids is 1. The first-order chi connectivity index (χ1) is 11.5. The summed E-state index contributed by atoms with van der Waals surface area (Å²) in [4.78, 5) is 33.1. The first-order valence-electron chi connectivity index (χ1n) is 8.13. The molecular weight excluding hydrogens is 312 g/mol. The third-order valence-electron chi connectivity index (χ3n) is 4.44. The van der Waals surface area contributed by atoms with Crippen molar-refractivity contribution in [2.24, 2.45) is 0 Å². The van der Waals surface area contributed by atoms with Crippen LogP contribution in [0.2, 0.25) is 0 Å². The minimum Gasteiger partial charge on any atom is -0.477 e. The second kappa shape index (κ2) is 7.04. The number of carbonyl (C=O) groups is 2. The summed E-state index contributed by atoms with van der Waals surface area (Å²) < 4.78 is 5.35. The topological polar surface area (TPSA) is 86.2 Å². The molecule has 0 radical (unpaired) electrons. The summed E-state index contributed by atoms with van der Waals surface area (Å²) in [5, 5.41) is 9.37. The summed E-state index contributed by atoms with van der Waals surface area (Å²) in [7, 11) is 0. The molecule has 0 unspecified atom stereocenters. The van der Waals surface area contributed by atoms with Crippen LogP contribution in [0.1, 0.15) is 17.4 Å². The van der Waals surface area contributed by atoms with E-state index in [0.717, 1.165) is 5.69 Å². The third-order valence-corrected chi connectivity index (χ3v) is 4.44. The molecule has 2 aliphatic rings. The van der Waals surface area contributed by atoms with Crippen molar-refractivity contribution in [3.63, 3.8) is 0 Å². The predicted molar refractivity (Wildman–Crippen MR) is 88.7 cm³/mol. The predicted octanol–water partition coefficient (Wildman–Crippen LogP) is 0.285. The Morgan fingerprint density at radius 3 is 2.29 bits per heavy atom. The zero-order chi connectivity index (χ0) is 17.1. The Bertz CT molecular complexity index is 623. The minimum atomic E-state index is -1.03. The normalized spacial score (nSPS) is 18.6. The third kappa shape index (κ3) is 3.59. The van der Waals surface area contributed by atoms with Gasteiger partial charge in [-0.1, -0.05) is 0 Å². The van der Waals surface area contributed by atoms with Crippen LogP contribution in [0.25, 0.3) is 0 Å². The number of pyridine rings is 1. The van der Waals surface area contributed by atoms with Gasteiger partial charge in [0, 0.05) is 57.9 Å². The van der Waals surface area contributed by atoms with Gasteiger partial charge in [-0.25, -0.2) is 9.78 Å². The number of nitrogens with zero attached hydrogens (tertiary/aromatic N) is 4. The molecule has 130 valence electrons. The van der Waals surface area contributed by atoms with Crippen LogP contribution in [-0.4, -0.2) is 79.3 Å². The van der Waals surface area contributed by atoms with Crippen LogP contribution in [-0.2, 0) is 9.53 Å². The Kier molecular flexibility index (Phi) is 4.84. The van der Waals surface area contributed by atoms with Gasteiger partial charge in [-0.3, -0.25) is 4.79 Å². The lowest BCUT2D eigenvalue weighted by molar-refractivity contribution is -0.129. The van der Waals surface area contributed by atoms with Crippen molar-refractivity contribution >= 4 is 23.4 Å².